The molecule has 0 atom stereocenters. The van der Waals surface area contributed by atoms with Crippen molar-refractivity contribution in [2.45, 2.75) is 52.4 Å². The van der Waals surface area contributed by atoms with Gasteiger partial charge in [0.2, 0.25) is 5.88 Å². The molecule has 32 heavy (non-hydrogen) atoms. The lowest BCUT2D eigenvalue weighted by Crippen LogP contribution is -2.10. The van der Waals surface area contributed by atoms with Gasteiger partial charge in [-0.05, 0) is 47.7 Å². The lowest BCUT2D eigenvalue weighted by molar-refractivity contribution is 0.0174. The third-order valence-corrected chi connectivity index (χ3v) is 5.13. The molecule has 8 nitrogen and oxygen atoms in total. The molecule has 0 saturated heterocycles. The van der Waals surface area contributed by atoms with Gasteiger partial charge >= 0.3 is 0 Å². The maximum absolute atomic E-state index is 13.3. The summed E-state index contributed by atoms with van der Waals surface area (Å²) in [7, 11) is 0. The summed E-state index contributed by atoms with van der Waals surface area (Å²) >= 11 is 0. The van der Waals surface area contributed by atoms with Gasteiger partial charge in [-0.15, -0.1) is 5.10 Å². The maximum atomic E-state index is 13.3. The van der Waals surface area contributed by atoms with E-state index in [0.29, 0.717) is 23.3 Å². The van der Waals surface area contributed by atoms with E-state index in [1.54, 1.807) is 36.0 Å². The summed E-state index contributed by atoms with van der Waals surface area (Å²) in [6, 6.07) is 9.56. The summed E-state index contributed by atoms with van der Waals surface area (Å²) in [5.74, 6) is -1.07. The number of halogens is 2. The number of alkyl halides is 2. The molecule has 4 rings (SSSR count). The van der Waals surface area contributed by atoms with E-state index in [1.165, 1.54) is 25.0 Å². The Kier molecular flexibility index (Phi) is 6.38. The first kappa shape index (κ1) is 21.8. The van der Waals surface area contributed by atoms with Crippen LogP contribution in [0.25, 0.3) is 0 Å². The van der Waals surface area contributed by atoms with Crippen LogP contribution in [0, 0.1) is 5.92 Å². The first-order valence-corrected chi connectivity index (χ1v) is 10.4. The fourth-order valence-electron chi connectivity index (χ4n) is 2.98. The Hall–Kier alpha value is -3.43. The van der Waals surface area contributed by atoms with Crippen molar-refractivity contribution >= 4 is 5.71 Å². The number of nitrogens with zero attached hydrogens (tertiary/aromatic N) is 6. The molecule has 0 amide bonds. The van der Waals surface area contributed by atoms with E-state index in [1.807, 2.05) is 6.07 Å². The monoisotopic (exact) mass is 442 g/mol. The van der Waals surface area contributed by atoms with Gasteiger partial charge in [-0.2, -0.15) is 0 Å². The summed E-state index contributed by atoms with van der Waals surface area (Å²) in [5.41, 5.74) is 2.13. The van der Waals surface area contributed by atoms with E-state index >= 15 is 0 Å². The molecule has 1 aromatic carbocycles. The predicted molar refractivity (Wildman–Crippen MR) is 112 cm³/mol. The first-order valence-electron chi connectivity index (χ1n) is 10.4. The Morgan fingerprint density at radius 2 is 1.94 bits per heavy atom. The molecule has 2 heterocycles. The smallest absolute Gasteiger partial charge is 0.270 e. The summed E-state index contributed by atoms with van der Waals surface area (Å²) in [6.45, 7) is 3.91. The molecule has 1 saturated carbocycles. The van der Waals surface area contributed by atoms with E-state index < -0.39 is 5.92 Å². The lowest BCUT2D eigenvalue weighted by atomic mass is 10.1. The molecule has 0 radical (unpaired) electrons. The Morgan fingerprint density at radius 3 is 2.59 bits per heavy atom. The van der Waals surface area contributed by atoms with Crippen molar-refractivity contribution in [3.05, 3.63) is 65.1 Å². The number of hydrogen-bond acceptors (Lipinski definition) is 7. The van der Waals surface area contributed by atoms with Gasteiger partial charge in [-0.1, -0.05) is 29.4 Å². The number of tetrazole rings is 1. The van der Waals surface area contributed by atoms with Gasteiger partial charge in [-0.3, -0.25) is 0 Å². The lowest BCUT2D eigenvalue weighted by Gasteiger charge is -2.10. The summed E-state index contributed by atoms with van der Waals surface area (Å²) < 4.78 is 34.0. The van der Waals surface area contributed by atoms with Crippen molar-refractivity contribution in [3.63, 3.8) is 0 Å². The van der Waals surface area contributed by atoms with Crippen LogP contribution in [0.2, 0.25) is 0 Å². The van der Waals surface area contributed by atoms with Crippen molar-refractivity contribution in [1.82, 2.24) is 25.2 Å². The third-order valence-electron chi connectivity index (χ3n) is 5.13. The Morgan fingerprint density at radius 1 is 1.16 bits per heavy atom. The number of rotatable bonds is 10. The van der Waals surface area contributed by atoms with Gasteiger partial charge in [0.25, 0.3) is 5.92 Å². The van der Waals surface area contributed by atoms with E-state index in [9.17, 15) is 8.78 Å². The Labute approximate surface area is 184 Å². The molecule has 0 N–H and O–H groups in total. The van der Waals surface area contributed by atoms with Crippen molar-refractivity contribution in [3.8, 4) is 5.88 Å². The summed E-state index contributed by atoms with van der Waals surface area (Å²) in [6.07, 6.45) is 4.08. The van der Waals surface area contributed by atoms with Gasteiger partial charge in [0.05, 0.1) is 5.71 Å². The van der Waals surface area contributed by atoms with Crippen molar-refractivity contribution in [1.29, 1.82) is 0 Å². The van der Waals surface area contributed by atoms with Crippen molar-refractivity contribution in [2.75, 3.05) is 0 Å². The topological polar surface area (TPSA) is 87.3 Å². The predicted octanol–water partition coefficient (Wildman–Crippen LogP) is 4.11. The summed E-state index contributed by atoms with van der Waals surface area (Å²) in [4.78, 5) is 9.65. The van der Waals surface area contributed by atoms with Crippen molar-refractivity contribution in [2.24, 2.45) is 11.1 Å². The molecule has 0 spiro atoms. The van der Waals surface area contributed by atoms with E-state index in [-0.39, 0.29) is 18.8 Å². The van der Waals surface area contributed by atoms with Gasteiger partial charge < -0.3 is 9.57 Å². The van der Waals surface area contributed by atoms with Crippen LogP contribution in [0.5, 0.6) is 5.88 Å². The van der Waals surface area contributed by atoms with E-state index in [2.05, 4.69) is 25.7 Å². The molecule has 168 valence electrons. The number of hydrogen-bond donors (Lipinski definition) is 0. The van der Waals surface area contributed by atoms with E-state index in [0.717, 1.165) is 24.6 Å². The molecule has 0 aliphatic heterocycles. The second-order valence-corrected chi connectivity index (χ2v) is 7.93. The van der Waals surface area contributed by atoms with Crippen LogP contribution >= 0.6 is 0 Å². The number of pyridine rings is 1. The van der Waals surface area contributed by atoms with Crippen LogP contribution in [0.1, 0.15) is 49.2 Å². The molecule has 2 aromatic heterocycles. The minimum absolute atomic E-state index is 0.0336. The minimum Gasteiger partial charge on any atom is -0.469 e. The van der Waals surface area contributed by atoms with Gasteiger partial charge in [0.15, 0.2) is 12.4 Å². The van der Waals surface area contributed by atoms with Crippen LogP contribution in [0.3, 0.4) is 0 Å². The van der Waals surface area contributed by atoms with Crippen LogP contribution in [-0.4, -0.2) is 30.9 Å². The van der Waals surface area contributed by atoms with Crippen LogP contribution < -0.4 is 4.74 Å². The highest BCUT2D eigenvalue weighted by Gasteiger charge is 2.24. The zero-order valence-corrected chi connectivity index (χ0v) is 17.9. The zero-order valence-electron chi connectivity index (χ0n) is 17.9. The molecular weight excluding hydrogens is 418 g/mol. The molecule has 1 fully saturated rings. The fourth-order valence-corrected chi connectivity index (χ4v) is 2.98. The standard InChI is InChI=1S/C22H24F2N6O2/c1-15(27-32-13-17-5-8-19(9-6-17)22(2,23)24)18-7-10-21(25-11-18)31-14-20-26-28-29-30(20)12-16-3-4-16/h5-11,16H,3-4,12-14H2,1-2H3/b27-15+. The fraction of sp³-hybridized carbons (Fsp3) is 0.409. The van der Waals surface area contributed by atoms with Gasteiger partial charge in [0.1, 0.15) is 6.61 Å². The number of benzene rings is 1. The molecule has 10 heteroatoms. The van der Waals surface area contributed by atoms with Crippen LogP contribution in [0.4, 0.5) is 8.78 Å². The number of aromatic nitrogens is 5. The molecule has 0 unspecified atom stereocenters. The second-order valence-electron chi connectivity index (χ2n) is 7.93. The Bertz CT molecular complexity index is 1060. The highest BCUT2D eigenvalue weighted by molar-refractivity contribution is 5.98. The highest BCUT2D eigenvalue weighted by atomic mass is 19.3. The number of ether oxygens (including phenoxy) is 1. The van der Waals surface area contributed by atoms with Gasteiger partial charge in [-0.25, -0.2) is 18.4 Å². The molecular formula is C22H24F2N6O2. The largest absolute Gasteiger partial charge is 0.469 e. The average Bonchev–Trinajstić information content (AvgIpc) is 3.49. The first-order chi connectivity index (χ1) is 15.4. The summed E-state index contributed by atoms with van der Waals surface area (Å²) in [5, 5.41) is 15.8. The Balaban J connectivity index is 1.27. The molecule has 1 aliphatic carbocycles. The van der Waals surface area contributed by atoms with Crippen LogP contribution in [0.15, 0.2) is 47.8 Å². The SMILES string of the molecule is C/C(=N\OCc1ccc(C(C)(F)F)cc1)c1ccc(OCc2nnnn2CC2CC2)nc1. The quantitative estimate of drug-likeness (QED) is 0.347. The average molecular weight is 442 g/mol. The molecule has 1 aliphatic rings. The second kappa shape index (κ2) is 9.37. The number of oxime groups is 1. The van der Waals surface area contributed by atoms with E-state index in [4.69, 9.17) is 9.57 Å². The molecule has 3 aromatic rings. The zero-order chi connectivity index (χ0) is 22.6. The normalized spacial score (nSPS) is 14.4. The van der Waals surface area contributed by atoms with Gasteiger partial charge in [0, 0.05) is 36.9 Å². The van der Waals surface area contributed by atoms with Crippen molar-refractivity contribution < 1.29 is 18.4 Å². The molecule has 0 bridgehead atoms. The third kappa shape index (κ3) is 5.83. The maximum Gasteiger partial charge on any atom is 0.270 e. The minimum atomic E-state index is -2.86. The van der Waals surface area contributed by atoms with Crippen LogP contribution in [-0.2, 0) is 30.5 Å². The highest BCUT2D eigenvalue weighted by Crippen LogP contribution is 2.30.